The van der Waals surface area contributed by atoms with E-state index in [9.17, 15) is 5.11 Å². The molecule has 0 aromatic rings. The molecule has 0 saturated heterocycles. The zero-order valence-electron chi connectivity index (χ0n) is 8.73. The second-order valence-corrected chi connectivity index (χ2v) is 4.87. The van der Waals surface area contributed by atoms with Gasteiger partial charge in [-0.15, -0.1) is 0 Å². The van der Waals surface area contributed by atoms with Crippen LogP contribution in [0.4, 0.5) is 0 Å². The fourth-order valence-corrected chi connectivity index (χ4v) is 2.88. The Hall–Kier alpha value is -0.340. The number of allylic oxidation sites excluding steroid dienone is 2. The minimum absolute atomic E-state index is 0.155. The summed E-state index contributed by atoms with van der Waals surface area (Å²) in [6, 6.07) is 0.249. The van der Waals surface area contributed by atoms with Gasteiger partial charge in [-0.2, -0.15) is 0 Å². The molecule has 3 atom stereocenters. The van der Waals surface area contributed by atoms with Crippen molar-refractivity contribution in [3.05, 3.63) is 12.2 Å². The summed E-state index contributed by atoms with van der Waals surface area (Å²) in [5.74, 6) is 1.05. The van der Waals surface area contributed by atoms with Crippen LogP contribution < -0.4 is 5.73 Å². The lowest BCUT2D eigenvalue weighted by Gasteiger charge is -2.24. The van der Waals surface area contributed by atoms with Gasteiger partial charge in [-0.1, -0.05) is 18.6 Å². The van der Waals surface area contributed by atoms with Gasteiger partial charge in [0.1, 0.15) is 0 Å². The highest BCUT2D eigenvalue weighted by atomic mass is 16.3. The Kier molecular flexibility index (Phi) is 3.24. The van der Waals surface area contributed by atoms with Crippen molar-refractivity contribution in [1.29, 1.82) is 0 Å². The summed E-state index contributed by atoms with van der Waals surface area (Å²) in [7, 11) is 0. The van der Waals surface area contributed by atoms with E-state index in [-0.39, 0.29) is 12.1 Å². The van der Waals surface area contributed by atoms with E-state index in [1.807, 2.05) is 0 Å². The monoisotopic (exact) mass is 195 g/mol. The maximum absolute atomic E-state index is 10.1. The summed E-state index contributed by atoms with van der Waals surface area (Å²) in [6.07, 6.45) is 11.0. The van der Waals surface area contributed by atoms with Crippen molar-refractivity contribution in [1.82, 2.24) is 0 Å². The highest BCUT2D eigenvalue weighted by Crippen LogP contribution is 2.32. The van der Waals surface area contributed by atoms with Gasteiger partial charge in [0.15, 0.2) is 0 Å². The third-order valence-electron chi connectivity index (χ3n) is 3.80. The van der Waals surface area contributed by atoms with Gasteiger partial charge in [-0.3, -0.25) is 0 Å². The molecule has 80 valence electrons. The molecule has 0 amide bonds. The van der Waals surface area contributed by atoms with Crippen molar-refractivity contribution >= 4 is 0 Å². The molecule has 0 spiro atoms. The molecule has 0 bridgehead atoms. The van der Waals surface area contributed by atoms with Crippen molar-refractivity contribution < 1.29 is 5.11 Å². The molecule has 0 aliphatic heterocycles. The maximum Gasteiger partial charge on any atom is 0.0586 e. The zero-order chi connectivity index (χ0) is 9.97. The average Bonchev–Trinajstić information content (AvgIpc) is 2.75. The molecular weight excluding hydrogens is 174 g/mol. The van der Waals surface area contributed by atoms with E-state index < -0.39 is 0 Å². The molecule has 0 aromatic carbocycles. The summed E-state index contributed by atoms with van der Waals surface area (Å²) in [5, 5.41) is 10.1. The fourth-order valence-electron chi connectivity index (χ4n) is 2.88. The lowest BCUT2D eigenvalue weighted by molar-refractivity contribution is 0.0788. The number of aliphatic hydroxyl groups excluding tert-OH is 1. The third kappa shape index (κ3) is 2.18. The average molecular weight is 195 g/mol. The molecule has 14 heavy (non-hydrogen) atoms. The third-order valence-corrected chi connectivity index (χ3v) is 3.80. The Bertz CT molecular complexity index is 206. The van der Waals surface area contributed by atoms with E-state index in [0.29, 0.717) is 11.8 Å². The first kappa shape index (κ1) is 10.2. The number of nitrogens with two attached hydrogens (primary N) is 1. The van der Waals surface area contributed by atoms with Gasteiger partial charge < -0.3 is 10.8 Å². The number of rotatable bonds is 3. The van der Waals surface area contributed by atoms with Gasteiger partial charge in [0.25, 0.3) is 0 Å². The van der Waals surface area contributed by atoms with Gasteiger partial charge in [-0.05, 0) is 43.9 Å². The highest BCUT2D eigenvalue weighted by Gasteiger charge is 2.31. The Balaban J connectivity index is 1.79. The van der Waals surface area contributed by atoms with E-state index >= 15 is 0 Å². The topological polar surface area (TPSA) is 46.2 Å². The van der Waals surface area contributed by atoms with Crippen LogP contribution in [-0.4, -0.2) is 17.3 Å². The minimum atomic E-state index is -0.155. The van der Waals surface area contributed by atoms with Gasteiger partial charge in [-0.25, -0.2) is 0 Å². The normalized spacial score (nSPS) is 35.3. The Labute approximate surface area is 86.2 Å². The van der Waals surface area contributed by atoms with E-state index in [0.717, 1.165) is 32.1 Å². The minimum Gasteiger partial charge on any atom is -0.393 e. The molecule has 1 saturated carbocycles. The molecular formula is C12H21NO. The molecule has 2 nitrogen and oxygen atoms in total. The molecule has 2 heteroatoms. The van der Waals surface area contributed by atoms with Crippen LogP contribution in [0.1, 0.15) is 38.5 Å². The smallest absolute Gasteiger partial charge is 0.0586 e. The molecule has 2 aliphatic carbocycles. The summed E-state index contributed by atoms with van der Waals surface area (Å²) < 4.78 is 0. The van der Waals surface area contributed by atoms with Crippen LogP contribution in [0.25, 0.3) is 0 Å². The van der Waals surface area contributed by atoms with Crippen molar-refractivity contribution in [2.45, 2.75) is 50.7 Å². The van der Waals surface area contributed by atoms with E-state index in [2.05, 4.69) is 12.2 Å². The van der Waals surface area contributed by atoms with Crippen LogP contribution in [0.15, 0.2) is 12.2 Å². The van der Waals surface area contributed by atoms with Gasteiger partial charge >= 0.3 is 0 Å². The Morgan fingerprint density at radius 3 is 2.57 bits per heavy atom. The summed E-state index contributed by atoms with van der Waals surface area (Å²) >= 11 is 0. The molecule has 2 aliphatic rings. The quantitative estimate of drug-likeness (QED) is 0.675. The highest BCUT2D eigenvalue weighted by molar-refractivity contribution is 4.96. The number of aliphatic hydroxyl groups is 1. The second kappa shape index (κ2) is 4.45. The van der Waals surface area contributed by atoms with Gasteiger partial charge in [0.05, 0.1) is 6.10 Å². The Morgan fingerprint density at radius 1 is 1.29 bits per heavy atom. The standard InChI is InChI=1S/C12H21NO/c13-11-7-3-6-10(11)12(14)8-9-4-1-2-5-9/h1-2,9-12,14H,3-8,13H2/t10-,11+,12?/m0/s1. The van der Waals surface area contributed by atoms with Crippen molar-refractivity contribution in [2.75, 3.05) is 0 Å². The SMILES string of the molecule is N[C@@H]1CCC[C@@H]1C(O)CC1CC=CC1. The first-order chi connectivity index (χ1) is 6.77. The fraction of sp³-hybridized carbons (Fsp3) is 0.833. The maximum atomic E-state index is 10.1. The first-order valence-electron chi connectivity index (χ1n) is 5.86. The molecule has 3 N–H and O–H groups in total. The predicted molar refractivity (Wildman–Crippen MR) is 57.8 cm³/mol. The zero-order valence-corrected chi connectivity index (χ0v) is 8.73. The van der Waals surface area contributed by atoms with Crippen LogP contribution in [0.2, 0.25) is 0 Å². The number of hydrogen-bond donors (Lipinski definition) is 2. The lowest BCUT2D eigenvalue weighted by Crippen LogP contribution is -2.34. The summed E-state index contributed by atoms with van der Waals surface area (Å²) in [5.41, 5.74) is 5.98. The van der Waals surface area contributed by atoms with Gasteiger partial charge in [0.2, 0.25) is 0 Å². The van der Waals surface area contributed by atoms with Crippen LogP contribution in [0.3, 0.4) is 0 Å². The van der Waals surface area contributed by atoms with Gasteiger partial charge in [0, 0.05) is 6.04 Å². The second-order valence-electron chi connectivity index (χ2n) is 4.87. The first-order valence-corrected chi connectivity index (χ1v) is 5.86. The lowest BCUT2D eigenvalue weighted by atomic mass is 9.89. The number of hydrogen-bond acceptors (Lipinski definition) is 2. The summed E-state index contributed by atoms with van der Waals surface area (Å²) in [4.78, 5) is 0. The van der Waals surface area contributed by atoms with Crippen LogP contribution >= 0.6 is 0 Å². The van der Waals surface area contributed by atoms with E-state index in [1.165, 1.54) is 6.42 Å². The molecule has 1 fully saturated rings. The largest absolute Gasteiger partial charge is 0.393 e. The van der Waals surface area contributed by atoms with Crippen LogP contribution in [-0.2, 0) is 0 Å². The Morgan fingerprint density at radius 2 is 2.00 bits per heavy atom. The van der Waals surface area contributed by atoms with Crippen molar-refractivity contribution in [2.24, 2.45) is 17.6 Å². The molecule has 0 aromatic heterocycles. The van der Waals surface area contributed by atoms with E-state index in [4.69, 9.17) is 5.73 Å². The molecule has 0 radical (unpaired) electrons. The van der Waals surface area contributed by atoms with E-state index in [1.54, 1.807) is 0 Å². The predicted octanol–water partition coefficient (Wildman–Crippen LogP) is 1.83. The summed E-state index contributed by atoms with van der Waals surface area (Å²) in [6.45, 7) is 0. The molecule has 2 rings (SSSR count). The van der Waals surface area contributed by atoms with Crippen molar-refractivity contribution in [3.63, 3.8) is 0 Å². The molecule has 0 heterocycles. The van der Waals surface area contributed by atoms with Crippen LogP contribution in [0, 0.1) is 11.8 Å². The van der Waals surface area contributed by atoms with Crippen LogP contribution in [0.5, 0.6) is 0 Å². The molecule has 1 unspecified atom stereocenters. The van der Waals surface area contributed by atoms with Crippen molar-refractivity contribution in [3.8, 4) is 0 Å².